The lowest BCUT2D eigenvalue weighted by Gasteiger charge is -2.22. The van der Waals surface area contributed by atoms with E-state index in [0.717, 1.165) is 4.90 Å². The van der Waals surface area contributed by atoms with E-state index in [1.807, 2.05) is 6.92 Å². The lowest BCUT2D eigenvalue weighted by atomic mass is 10.0. The maximum atomic E-state index is 12.1. The van der Waals surface area contributed by atoms with Crippen molar-refractivity contribution in [2.75, 3.05) is 19.6 Å². The van der Waals surface area contributed by atoms with E-state index in [1.165, 1.54) is 0 Å². The molecule has 0 aliphatic rings. The van der Waals surface area contributed by atoms with E-state index in [4.69, 9.17) is 0 Å². The molecular weight excluding hydrogens is 207 g/mol. The first kappa shape index (κ1) is 14.4. The number of likely N-dealkylation sites (N-methyl/N-ethyl adjacent to an activating group) is 1. The number of rotatable bonds is 6. The van der Waals surface area contributed by atoms with Gasteiger partial charge in [0.1, 0.15) is 5.78 Å². The number of nitrogens with zero attached hydrogens (tertiary/aromatic N) is 1. The zero-order valence-corrected chi connectivity index (χ0v) is 9.40. The Morgan fingerprint density at radius 3 is 2.20 bits per heavy atom. The van der Waals surface area contributed by atoms with Gasteiger partial charge >= 0.3 is 6.18 Å². The summed E-state index contributed by atoms with van der Waals surface area (Å²) in [6.45, 7) is 4.33. The molecule has 0 radical (unpaired) electrons. The average molecular weight is 225 g/mol. The standard InChI is InChI=1S/C10H18F3NO/c1-4-8(3)9(15)6-14(5-2)7-10(11,12)13/h8H,4-7H2,1-3H3. The second-order valence-electron chi connectivity index (χ2n) is 3.69. The maximum Gasteiger partial charge on any atom is 0.401 e. The van der Waals surface area contributed by atoms with Gasteiger partial charge < -0.3 is 0 Å². The molecule has 0 rings (SSSR count). The van der Waals surface area contributed by atoms with Crippen LogP contribution in [0.2, 0.25) is 0 Å². The third-order valence-electron chi connectivity index (χ3n) is 2.39. The van der Waals surface area contributed by atoms with Crippen molar-refractivity contribution in [3.05, 3.63) is 0 Å². The summed E-state index contributed by atoms with van der Waals surface area (Å²) < 4.78 is 36.2. The summed E-state index contributed by atoms with van der Waals surface area (Å²) in [5.74, 6) is -0.282. The van der Waals surface area contributed by atoms with E-state index < -0.39 is 12.7 Å². The highest BCUT2D eigenvalue weighted by Crippen LogP contribution is 2.16. The fraction of sp³-hybridized carbons (Fsp3) is 0.900. The first-order valence-electron chi connectivity index (χ1n) is 5.12. The Bertz CT molecular complexity index is 203. The van der Waals surface area contributed by atoms with E-state index in [0.29, 0.717) is 6.42 Å². The zero-order chi connectivity index (χ0) is 12.1. The van der Waals surface area contributed by atoms with Crippen LogP contribution >= 0.6 is 0 Å². The van der Waals surface area contributed by atoms with Crippen LogP contribution in [-0.4, -0.2) is 36.5 Å². The minimum Gasteiger partial charge on any atom is -0.298 e. The van der Waals surface area contributed by atoms with E-state index in [1.54, 1.807) is 13.8 Å². The SMILES string of the molecule is CCC(C)C(=O)CN(CC)CC(F)(F)F. The van der Waals surface area contributed by atoms with Crippen molar-refractivity contribution in [1.82, 2.24) is 4.90 Å². The second-order valence-corrected chi connectivity index (χ2v) is 3.69. The third-order valence-corrected chi connectivity index (χ3v) is 2.39. The summed E-state index contributed by atoms with van der Waals surface area (Å²) in [6.07, 6.45) is -3.56. The second kappa shape index (κ2) is 6.10. The number of carbonyl (C=O) groups excluding carboxylic acids is 1. The molecule has 0 aromatic heterocycles. The number of carbonyl (C=O) groups is 1. The average Bonchev–Trinajstić information content (AvgIpc) is 2.13. The molecule has 5 heteroatoms. The van der Waals surface area contributed by atoms with Crippen LogP contribution < -0.4 is 0 Å². The molecule has 0 aliphatic heterocycles. The number of halogens is 3. The topological polar surface area (TPSA) is 20.3 Å². The predicted octanol–water partition coefficient (Wildman–Crippen LogP) is 2.49. The Hall–Kier alpha value is -0.580. The molecule has 0 aliphatic carbocycles. The Morgan fingerprint density at radius 1 is 1.33 bits per heavy atom. The number of Topliss-reactive ketones (excluding diaryl/α,β-unsaturated/α-hetero) is 1. The van der Waals surface area contributed by atoms with Crippen molar-refractivity contribution in [2.24, 2.45) is 5.92 Å². The Kier molecular flexibility index (Phi) is 5.87. The van der Waals surface area contributed by atoms with Crippen LogP contribution in [0.15, 0.2) is 0 Å². The Balaban J connectivity index is 4.16. The van der Waals surface area contributed by atoms with Gasteiger partial charge in [-0.05, 0) is 13.0 Å². The molecule has 0 amide bonds. The molecule has 1 atom stereocenters. The first-order chi connectivity index (χ1) is 6.80. The fourth-order valence-corrected chi connectivity index (χ4v) is 1.14. The van der Waals surface area contributed by atoms with Crippen molar-refractivity contribution >= 4 is 5.78 Å². The molecule has 0 heterocycles. The third kappa shape index (κ3) is 6.49. The van der Waals surface area contributed by atoms with Crippen LogP contribution in [0.25, 0.3) is 0 Å². The quantitative estimate of drug-likeness (QED) is 0.692. The number of hydrogen-bond acceptors (Lipinski definition) is 2. The van der Waals surface area contributed by atoms with Crippen LogP contribution in [-0.2, 0) is 4.79 Å². The van der Waals surface area contributed by atoms with Gasteiger partial charge in [-0.2, -0.15) is 13.2 Å². The molecule has 0 saturated carbocycles. The summed E-state index contributed by atoms with van der Waals surface area (Å²) in [5, 5.41) is 0. The van der Waals surface area contributed by atoms with Crippen LogP contribution in [0.5, 0.6) is 0 Å². The Labute approximate surface area is 88.4 Å². The highest BCUT2D eigenvalue weighted by atomic mass is 19.4. The molecule has 0 spiro atoms. The van der Waals surface area contributed by atoms with Crippen molar-refractivity contribution < 1.29 is 18.0 Å². The number of hydrogen-bond donors (Lipinski definition) is 0. The van der Waals surface area contributed by atoms with Gasteiger partial charge in [0.25, 0.3) is 0 Å². The van der Waals surface area contributed by atoms with Crippen LogP contribution in [0.1, 0.15) is 27.2 Å². The summed E-state index contributed by atoms with van der Waals surface area (Å²) in [7, 11) is 0. The van der Waals surface area contributed by atoms with Gasteiger partial charge in [-0.3, -0.25) is 9.69 Å². The molecule has 0 N–H and O–H groups in total. The number of alkyl halides is 3. The monoisotopic (exact) mass is 225 g/mol. The van der Waals surface area contributed by atoms with Gasteiger partial charge in [0.15, 0.2) is 0 Å². The zero-order valence-electron chi connectivity index (χ0n) is 9.40. The van der Waals surface area contributed by atoms with Gasteiger partial charge in [-0.25, -0.2) is 0 Å². The first-order valence-corrected chi connectivity index (χ1v) is 5.12. The molecule has 0 saturated heterocycles. The summed E-state index contributed by atoms with van der Waals surface area (Å²) in [6, 6.07) is 0. The highest BCUT2D eigenvalue weighted by Gasteiger charge is 2.31. The molecular formula is C10H18F3NO. The van der Waals surface area contributed by atoms with Crippen molar-refractivity contribution in [3.8, 4) is 0 Å². The lowest BCUT2D eigenvalue weighted by Crippen LogP contribution is -2.39. The highest BCUT2D eigenvalue weighted by molar-refractivity contribution is 5.82. The molecule has 0 aromatic rings. The maximum absolute atomic E-state index is 12.1. The smallest absolute Gasteiger partial charge is 0.298 e. The van der Waals surface area contributed by atoms with Crippen molar-refractivity contribution in [2.45, 2.75) is 33.4 Å². The van der Waals surface area contributed by atoms with E-state index >= 15 is 0 Å². The van der Waals surface area contributed by atoms with Gasteiger partial charge in [-0.15, -0.1) is 0 Å². The molecule has 2 nitrogen and oxygen atoms in total. The molecule has 0 fully saturated rings. The van der Waals surface area contributed by atoms with Gasteiger partial charge in [-0.1, -0.05) is 20.8 Å². The Morgan fingerprint density at radius 2 is 1.87 bits per heavy atom. The summed E-state index contributed by atoms with van der Waals surface area (Å²) >= 11 is 0. The van der Waals surface area contributed by atoms with Crippen LogP contribution in [0, 0.1) is 5.92 Å². The van der Waals surface area contributed by atoms with Crippen LogP contribution in [0.3, 0.4) is 0 Å². The van der Waals surface area contributed by atoms with Gasteiger partial charge in [0, 0.05) is 5.92 Å². The molecule has 1 unspecified atom stereocenters. The van der Waals surface area contributed by atoms with Crippen molar-refractivity contribution in [3.63, 3.8) is 0 Å². The van der Waals surface area contributed by atoms with Gasteiger partial charge in [0.05, 0.1) is 13.1 Å². The van der Waals surface area contributed by atoms with E-state index in [2.05, 4.69) is 0 Å². The normalized spacial score (nSPS) is 14.3. The lowest BCUT2D eigenvalue weighted by molar-refractivity contribution is -0.148. The van der Waals surface area contributed by atoms with Gasteiger partial charge in [0.2, 0.25) is 0 Å². The number of ketones is 1. The fourth-order valence-electron chi connectivity index (χ4n) is 1.14. The van der Waals surface area contributed by atoms with E-state index in [9.17, 15) is 18.0 Å². The summed E-state index contributed by atoms with van der Waals surface area (Å²) in [4.78, 5) is 12.5. The van der Waals surface area contributed by atoms with E-state index in [-0.39, 0.29) is 24.8 Å². The minimum absolute atomic E-state index is 0.106. The molecule has 15 heavy (non-hydrogen) atoms. The molecule has 0 aromatic carbocycles. The predicted molar refractivity (Wildman–Crippen MR) is 52.6 cm³/mol. The molecule has 0 bridgehead atoms. The summed E-state index contributed by atoms with van der Waals surface area (Å²) in [5.41, 5.74) is 0. The minimum atomic E-state index is -4.23. The van der Waals surface area contributed by atoms with Crippen molar-refractivity contribution in [1.29, 1.82) is 0 Å². The van der Waals surface area contributed by atoms with Crippen LogP contribution in [0.4, 0.5) is 13.2 Å². The largest absolute Gasteiger partial charge is 0.401 e. The molecule has 90 valence electrons.